The number of ether oxygens (including phenoxy) is 1. The molecule has 1 unspecified atom stereocenters. The van der Waals surface area contributed by atoms with Gasteiger partial charge in [0.05, 0.1) is 18.7 Å². The molecule has 1 aliphatic heterocycles. The minimum atomic E-state index is -0.642. The van der Waals surface area contributed by atoms with E-state index >= 15 is 0 Å². The molecule has 0 saturated carbocycles. The molecule has 1 atom stereocenters. The van der Waals surface area contributed by atoms with Gasteiger partial charge in [-0.3, -0.25) is 9.59 Å². The van der Waals surface area contributed by atoms with Crippen LogP contribution in [0.5, 0.6) is 5.75 Å². The number of hydrogen-bond acceptors (Lipinski definition) is 6. The molecule has 1 fully saturated rings. The highest BCUT2D eigenvalue weighted by Crippen LogP contribution is 2.43. The fourth-order valence-electron chi connectivity index (χ4n) is 3.77. The Morgan fingerprint density at radius 2 is 1.87 bits per heavy atom. The molecule has 0 radical (unpaired) electrons. The van der Waals surface area contributed by atoms with Crippen molar-refractivity contribution in [2.24, 2.45) is 0 Å². The van der Waals surface area contributed by atoms with Crippen LogP contribution in [0.3, 0.4) is 0 Å². The summed E-state index contributed by atoms with van der Waals surface area (Å²) in [7, 11) is 5.44. The van der Waals surface area contributed by atoms with Crippen molar-refractivity contribution < 1.29 is 19.4 Å². The molecule has 0 aliphatic carbocycles. The maximum atomic E-state index is 13.1. The monoisotopic (exact) mass is 428 g/mol. The molecule has 0 bridgehead atoms. The lowest BCUT2D eigenvalue weighted by Crippen LogP contribution is -2.35. The van der Waals surface area contributed by atoms with E-state index in [9.17, 15) is 14.7 Å². The summed E-state index contributed by atoms with van der Waals surface area (Å²) >= 11 is 1.49. The second kappa shape index (κ2) is 8.62. The molecule has 7 heteroatoms. The molecule has 30 heavy (non-hydrogen) atoms. The summed E-state index contributed by atoms with van der Waals surface area (Å²) in [5.41, 5.74) is 3.30. The minimum Gasteiger partial charge on any atom is -0.507 e. The van der Waals surface area contributed by atoms with Crippen molar-refractivity contribution in [3.63, 3.8) is 0 Å². The zero-order chi connectivity index (χ0) is 22.2. The molecule has 1 aliphatic rings. The highest BCUT2D eigenvalue weighted by molar-refractivity contribution is 7.10. The number of carbonyl (C=O) groups excluding carboxylic acids is 2. The van der Waals surface area contributed by atoms with Crippen molar-refractivity contribution in [1.29, 1.82) is 0 Å². The molecule has 160 valence electrons. The lowest BCUT2D eigenvalue weighted by molar-refractivity contribution is -0.140. The van der Waals surface area contributed by atoms with E-state index in [1.807, 2.05) is 57.3 Å². The van der Waals surface area contributed by atoms with Crippen LogP contribution in [0, 0.1) is 20.8 Å². The van der Waals surface area contributed by atoms with Crippen molar-refractivity contribution in [3.8, 4) is 5.75 Å². The van der Waals surface area contributed by atoms with Gasteiger partial charge in [0, 0.05) is 23.5 Å². The Labute approximate surface area is 181 Å². The van der Waals surface area contributed by atoms with Gasteiger partial charge in [-0.05, 0) is 75.1 Å². The second-order valence-electron chi connectivity index (χ2n) is 7.90. The highest BCUT2D eigenvalue weighted by Gasteiger charge is 2.47. The van der Waals surface area contributed by atoms with Gasteiger partial charge in [0.2, 0.25) is 0 Å². The predicted molar refractivity (Wildman–Crippen MR) is 119 cm³/mol. The molecule has 1 saturated heterocycles. The van der Waals surface area contributed by atoms with Gasteiger partial charge in [-0.2, -0.15) is 0 Å². The fourth-order valence-corrected chi connectivity index (χ4v) is 4.81. The number of aliphatic hydroxyl groups excluding tert-OH is 1. The van der Waals surface area contributed by atoms with Crippen LogP contribution in [-0.4, -0.2) is 60.9 Å². The average molecular weight is 429 g/mol. The van der Waals surface area contributed by atoms with Crippen molar-refractivity contribution in [2.45, 2.75) is 26.8 Å². The van der Waals surface area contributed by atoms with E-state index in [-0.39, 0.29) is 11.3 Å². The summed E-state index contributed by atoms with van der Waals surface area (Å²) in [5, 5.41) is 13.2. The van der Waals surface area contributed by atoms with Gasteiger partial charge in [0.1, 0.15) is 11.5 Å². The first-order valence-corrected chi connectivity index (χ1v) is 10.7. The van der Waals surface area contributed by atoms with Crippen molar-refractivity contribution in [2.75, 3.05) is 34.3 Å². The maximum Gasteiger partial charge on any atom is 0.295 e. The molecular formula is C23H28N2O4S. The molecule has 6 nitrogen and oxygen atoms in total. The van der Waals surface area contributed by atoms with E-state index in [4.69, 9.17) is 4.74 Å². The van der Waals surface area contributed by atoms with Crippen LogP contribution in [0.25, 0.3) is 5.76 Å². The number of benzene rings is 1. The number of carbonyl (C=O) groups is 2. The van der Waals surface area contributed by atoms with Crippen LogP contribution in [-0.2, 0) is 9.59 Å². The Bertz CT molecular complexity index is 1020. The number of nitrogens with zero attached hydrogens (tertiary/aromatic N) is 2. The number of hydrogen-bond donors (Lipinski definition) is 1. The van der Waals surface area contributed by atoms with E-state index in [1.165, 1.54) is 11.3 Å². The van der Waals surface area contributed by atoms with Crippen LogP contribution < -0.4 is 4.74 Å². The molecule has 2 heterocycles. The first-order chi connectivity index (χ1) is 14.2. The smallest absolute Gasteiger partial charge is 0.295 e. The summed E-state index contributed by atoms with van der Waals surface area (Å²) in [6.07, 6.45) is 0. The topological polar surface area (TPSA) is 70.1 Å². The Morgan fingerprint density at radius 1 is 1.17 bits per heavy atom. The molecule has 2 aromatic rings. The number of thiophene rings is 1. The Balaban J connectivity index is 2.20. The summed E-state index contributed by atoms with van der Waals surface area (Å²) in [4.78, 5) is 30.4. The summed E-state index contributed by atoms with van der Waals surface area (Å²) in [6, 6.07) is 5.01. The van der Waals surface area contributed by atoms with Gasteiger partial charge in [-0.15, -0.1) is 11.3 Å². The van der Waals surface area contributed by atoms with Gasteiger partial charge >= 0.3 is 0 Å². The maximum absolute atomic E-state index is 13.1. The number of Topliss-reactive ketones (excluding diaryl/α,β-unsaturated/α-hetero) is 1. The van der Waals surface area contributed by atoms with E-state index in [2.05, 4.69) is 0 Å². The lowest BCUT2D eigenvalue weighted by atomic mass is 9.95. The zero-order valence-electron chi connectivity index (χ0n) is 18.3. The van der Waals surface area contributed by atoms with Crippen molar-refractivity contribution >= 4 is 28.8 Å². The van der Waals surface area contributed by atoms with Crippen LogP contribution in [0.4, 0.5) is 0 Å². The van der Waals surface area contributed by atoms with E-state index < -0.39 is 17.7 Å². The standard InChI is InChI=1S/C23H28N2O4S/c1-13-7-10-30-22(13)19-18(21(27)23(28)25(19)9-8-24(4)5)20(26)16-11-15(3)17(29-6)12-14(16)2/h7,10-12,19,26H,8-9H2,1-6H3/b20-18+. The molecule has 3 rings (SSSR count). The zero-order valence-corrected chi connectivity index (χ0v) is 19.1. The average Bonchev–Trinajstić information content (AvgIpc) is 3.22. The van der Waals surface area contributed by atoms with Gasteiger partial charge in [0.25, 0.3) is 11.7 Å². The third-order valence-electron chi connectivity index (χ3n) is 5.48. The third-order valence-corrected chi connectivity index (χ3v) is 6.55. The SMILES string of the molecule is COc1cc(C)c(/C(O)=C2\C(=O)C(=O)N(CCN(C)C)C2c2sccc2C)cc1C. The van der Waals surface area contributed by atoms with E-state index in [1.54, 1.807) is 18.1 Å². The van der Waals surface area contributed by atoms with Crippen LogP contribution >= 0.6 is 11.3 Å². The number of likely N-dealkylation sites (tertiary alicyclic amines) is 1. The summed E-state index contributed by atoms with van der Waals surface area (Å²) in [5.74, 6) is -0.640. The van der Waals surface area contributed by atoms with Gasteiger partial charge in [0.15, 0.2) is 0 Å². The third kappa shape index (κ3) is 3.87. The first kappa shape index (κ1) is 22.1. The normalized spacial score (nSPS) is 18.5. The van der Waals surface area contributed by atoms with Crippen LogP contribution in [0.1, 0.15) is 33.2 Å². The van der Waals surface area contributed by atoms with Crippen molar-refractivity contribution in [3.05, 3.63) is 56.3 Å². The Kier molecular flexibility index (Phi) is 6.33. The number of ketones is 1. The summed E-state index contributed by atoms with van der Waals surface area (Å²) < 4.78 is 5.36. The molecule has 1 N–H and O–H groups in total. The van der Waals surface area contributed by atoms with Gasteiger partial charge in [-0.1, -0.05) is 0 Å². The quantitative estimate of drug-likeness (QED) is 0.432. The molecular weight excluding hydrogens is 400 g/mol. The van der Waals surface area contributed by atoms with Crippen LogP contribution in [0.2, 0.25) is 0 Å². The highest BCUT2D eigenvalue weighted by atomic mass is 32.1. The molecule has 1 aromatic carbocycles. The lowest BCUT2D eigenvalue weighted by Gasteiger charge is -2.26. The molecule has 1 amide bonds. The largest absolute Gasteiger partial charge is 0.507 e. The van der Waals surface area contributed by atoms with Gasteiger partial charge < -0.3 is 19.6 Å². The number of likely N-dealkylation sites (N-methyl/N-ethyl adjacent to an activating group) is 1. The van der Waals surface area contributed by atoms with E-state index in [0.29, 0.717) is 24.4 Å². The number of methoxy groups -OCH3 is 1. The minimum absolute atomic E-state index is 0.137. The number of rotatable bonds is 6. The second-order valence-corrected chi connectivity index (χ2v) is 8.85. The van der Waals surface area contributed by atoms with Crippen molar-refractivity contribution in [1.82, 2.24) is 9.80 Å². The molecule has 1 aromatic heterocycles. The first-order valence-electron chi connectivity index (χ1n) is 9.80. The number of aryl methyl sites for hydroxylation is 3. The molecule has 0 spiro atoms. The number of amides is 1. The predicted octanol–water partition coefficient (Wildman–Crippen LogP) is 3.67. The number of aliphatic hydroxyl groups is 1. The summed E-state index contributed by atoms with van der Waals surface area (Å²) in [6.45, 7) is 6.71. The Hall–Kier alpha value is -2.64. The fraction of sp³-hybridized carbons (Fsp3) is 0.391. The van der Waals surface area contributed by atoms with Crippen LogP contribution in [0.15, 0.2) is 29.2 Å². The Morgan fingerprint density at radius 3 is 2.43 bits per heavy atom. The van der Waals surface area contributed by atoms with Gasteiger partial charge in [-0.25, -0.2) is 0 Å². The van der Waals surface area contributed by atoms with E-state index in [0.717, 1.165) is 21.6 Å².